The molecule has 0 saturated carbocycles. The maximum Gasteiger partial charge on any atom is 0.263 e. The number of fused-ring (bicyclic) bond motifs is 1. The molecule has 0 aliphatic rings. The highest BCUT2D eigenvalue weighted by Gasteiger charge is 2.17. The molecule has 29 heavy (non-hydrogen) atoms. The molecule has 1 amide bonds. The van der Waals surface area contributed by atoms with Gasteiger partial charge in [-0.1, -0.05) is 23.7 Å². The molecule has 0 unspecified atom stereocenters. The molecule has 3 heterocycles. The van der Waals surface area contributed by atoms with Crippen LogP contribution < -0.4 is 5.56 Å². The third-order valence-electron chi connectivity index (χ3n) is 4.47. The quantitative estimate of drug-likeness (QED) is 0.448. The van der Waals surface area contributed by atoms with Gasteiger partial charge in [0.1, 0.15) is 17.2 Å². The Balaban J connectivity index is 1.61. The lowest BCUT2D eigenvalue weighted by atomic mass is 10.1. The van der Waals surface area contributed by atoms with Gasteiger partial charge < -0.3 is 4.90 Å². The summed E-state index contributed by atoms with van der Waals surface area (Å²) in [6.45, 7) is 0.302. The summed E-state index contributed by atoms with van der Waals surface area (Å²) >= 11 is 8.69. The first-order valence-electron chi connectivity index (χ1n) is 8.63. The highest BCUT2D eigenvalue weighted by molar-refractivity contribution is 7.17. The van der Waals surface area contributed by atoms with Crippen LogP contribution in [0.1, 0.15) is 4.88 Å². The lowest BCUT2D eigenvalue weighted by Crippen LogP contribution is -2.33. The van der Waals surface area contributed by atoms with E-state index < -0.39 is 0 Å². The maximum atomic E-state index is 13.2. The number of carbonyl (C=O) groups excluding carboxylic acids is 1. The van der Waals surface area contributed by atoms with Crippen LogP contribution in [0.4, 0.5) is 4.39 Å². The van der Waals surface area contributed by atoms with Crippen LogP contribution in [0, 0.1) is 5.82 Å². The number of amides is 1. The topological polar surface area (TPSA) is 55.2 Å². The first-order valence-corrected chi connectivity index (χ1v) is 10.7. The van der Waals surface area contributed by atoms with E-state index >= 15 is 0 Å². The van der Waals surface area contributed by atoms with E-state index in [9.17, 15) is 14.0 Å². The van der Waals surface area contributed by atoms with Gasteiger partial charge in [0.25, 0.3) is 5.56 Å². The predicted octanol–water partition coefficient (Wildman–Crippen LogP) is 4.64. The molecular weight excluding hydrogens is 433 g/mol. The number of likely N-dealkylation sites (N-methyl/N-ethyl adjacent to an activating group) is 1. The van der Waals surface area contributed by atoms with Gasteiger partial charge in [0.2, 0.25) is 5.91 Å². The van der Waals surface area contributed by atoms with E-state index in [1.807, 2.05) is 11.4 Å². The number of halogens is 2. The molecule has 0 radical (unpaired) electrons. The van der Waals surface area contributed by atoms with Crippen molar-refractivity contribution in [2.75, 3.05) is 7.05 Å². The predicted molar refractivity (Wildman–Crippen MR) is 115 cm³/mol. The molecular formula is C20H15ClFN3O2S2. The van der Waals surface area contributed by atoms with Crippen LogP contribution in [0.2, 0.25) is 4.34 Å². The van der Waals surface area contributed by atoms with Crippen LogP contribution in [0.25, 0.3) is 21.3 Å². The van der Waals surface area contributed by atoms with Gasteiger partial charge >= 0.3 is 0 Å². The van der Waals surface area contributed by atoms with E-state index in [0.717, 1.165) is 10.4 Å². The molecule has 5 nitrogen and oxygen atoms in total. The smallest absolute Gasteiger partial charge is 0.263 e. The molecule has 1 aromatic carbocycles. The Morgan fingerprint density at radius 1 is 1.24 bits per heavy atom. The molecule has 4 aromatic rings. The van der Waals surface area contributed by atoms with Crippen LogP contribution in [-0.2, 0) is 17.9 Å². The molecule has 4 rings (SSSR count). The molecule has 9 heteroatoms. The fraction of sp³-hybridized carbons (Fsp3) is 0.150. The van der Waals surface area contributed by atoms with Crippen LogP contribution in [0.15, 0.2) is 52.9 Å². The van der Waals surface area contributed by atoms with Crippen molar-refractivity contribution in [3.63, 3.8) is 0 Å². The summed E-state index contributed by atoms with van der Waals surface area (Å²) in [4.78, 5) is 33.1. The lowest BCUT2D eigenvalue weighted by molar-refractivity contribution is -0.131. The van der Waals surface area contributed by atoms with E-state index in [1.54, 1.807) is 30.1 Å². The molecule has 0 aliphatic carbocycles. The molecule has 148 valence electrons. The Hall–Kier alpha value is -2.55. The number of hydrogen-bond donors (Lipinski definition) is 0. The number of hydrogen-bond acceptors (Lipinski definition) is 5. The van der Waals surface area contributed by atoms with Gasteiger partial charge in [0.15, 0.2) is 0 Å². The molecule has 0 N–H and O–H groups in total. The highest BCUT2D eigenvalue weighted by Crippen LogP contribution is 2.30. The van der Waals surface area contributed by atoms with Gasteiger partial charge in [-0.2, -0.15) is 0 Å². The summed E-state index contributed by atoms with van der Waals surface area (Å²) in [7, 11) is 1.68. The maximum absolute atomic E-state index is 13.2. The number of benzene rings is 1. The number of carbonyl (C=O) groups is 1. The largest absolute Gasteiger partial charge is 0.339 e. The van der Waals surface area contributed by atoms with Gasteiger partial charge in [-0.05, 0) is 29.8 Å². The molecule has 0 saturated heterocycles. The summed E-state index contributed by atoms with van der Waals surface area (Å²) < 4.78 is 15.2. The first-order chi connectivity index (χ1) is 13.9. The van der Waals surface area contributed by atoms with Crippen molar-refractivity contribution in [2.24, 2.45) is 0 Å². The molecule has 0 atom stereocenters. The van der Waals surface area contributed by atoms with Crippen molar-refractivity contribution in [2.45, 2.75) is 13.1 Å². The average molecular weight is 448 g/mol. The fourth-order valence-electron chi connectivity index (χ4n) is 2.95. The van der Waals surface area contributed by atoms with E-state index in [-0.39, 0.29) is 23.8 Å². The summed E-state index contributed by atoms with van der Waals surface area (Å²) in [5.74, 6) is -0.555. The van der Waals surface area contributed by atoms with Crippen molar-refractivity contribution in [3.8, 4) is 11.1 Å². The second-order valence-electron chi connectivity index (χ2n) is 6.47. The minimum atomic E-state index is -0.343. The highest BCUT2D eigenvalue weighted by atomic mass is 35.5. The number of aromatic nitrogens is 2. The minimum absolute atomic E-state index is 0.115. The third kappa shape index (κ3) is 4.10. The van der Waals surface area contributed by atoms with Gasteiger partial charge in [-0.25, -0.2) is 9.37 Å². The van der Waals surface area contributed by atoms with Crippen LogP contribution >= 0.6 is 34.3 Å². The third-order valence-corrected chi connectivity index (χ3v) is 6.57. The van der Waals surface area contributed by atoms with Gasteiger partial charge in [-0.3, -0.25) is 14.2 Å². The van der Waals surface area contributed by atoms with E-state index in [2.05, 4.69) is 4.98 Å². The number of nitrogens with zero attached hydrogens (tertiary/aromatic N) is 3. The van der Waals surface area contributed by atoms with Crippen molar-refractivity contribution in [1.82, 2.24) is 14.5 Å². The first kappa shape index (κ1) is 19.8. The van der Waals surface area contributed by atoms with E-state index in [0.29, 0.717) is 26.7 Å². The van der Waals surface area contributed by atoms with Gasteiger partial charge in [-0.15, -0.1) is 22.7 Å². The Kier molecular flexibility index (Phi) is 5.49. The molecule has 0 fully saturated rings. The lowest BCUT2D eigenvalue weighted by Gasteiger charge is -2.17. The Morgan fingerprint density at radius 3 is 2.69 bits per heavy atom. The Labute approximate surface area is 178 Å². The second kappa shape index (κ2) is 8.06. The van der Waals surface area contributed by atoms with Crippen LogP contribution in [-0.4, -0.2) is 27.4 Å². The van der Waals surface area contributed by atoms with E-state index in [4.69, 9.17) is 11.6 Å². The van der Waals surface area contributed by atoms with Crippen LogP contribution in [0.3, 0.4) is 0 Å². The van der Waals surface area contributed by atoms with Crippen molar-refractivity contribution in [1.29, 1.82) is 0 Å². The summed E-state index contributed by atoms with van der Waals surface area (Å²) in [5, 5.41) is 2.26. The fourth-order valence-corrected chi connectivity index (χ4v) is 4.99. The zero-order valence-corrected chi connectivity index (χ0v) is 17.7. The standard InChI is InChI=1S/C20H15ClFN3O2S2/c1-24(8-14-6-7-16(21)29-14)17(26)9-25-11-23-19-18(20(25)27)15(10-28-19)12-2-4-13(22)5-3-12/h2-7,10-11H,8-9H2,1H3. The monoisotopic (exact) mass is 447 g/mol. The van der Waals surface area contributed by atoms with Crippen molar-refractivity contribution >= 4 is 50.4 Å². The molecule has 0 spiro atoms. The van der Waals surface area contributed by atoms with Gasteiger partial charge in [0.05, 0.1) is 22.6 Å². The van der Waals surface area contributed by atoms with E-state index in [1.165, 1.54) is 45.7 Å². The second-order valence-corrected chi connectivity index (χ2v) is 9.13. The normalized spacial score (nSPS) is 11.1. The summed E-state index contributed by atoms with van der Waals surface area (Å²) in [6.07, 6.45) is 1.39. The average Bonchev–Trinajstić information content (AvgIpc) is 3.31. The Bertz CT molecular complexity index is 1250. The summed E-state index contributed by atoms with van der Waals surface area (Å²) in [6, 6.07) is 9.61. The summed E-state index contributed by atoms with van der Waals surface area (Å²) in [5.41, 5.74) is 1.12. The Morgan fingerprint density at radius 2 is 2.00 bits per heavy atom. The number of thiophene rings is 2. The van der Waals surface area contributed by atoms with Crippen molar-refractivity contribution in [3.05, 3.63) is 73.5 Å². The number of rotatable bonds is 5. The van der Waals surface area contributed by atoms with Crippen LogP contribution in [0.5, 0.6) is 0 Å². The zero-order valence-electron chi connectivity index (χ0n) is 15.3. The molecule has 3 aromatic heterocycles. The molecule has 0 bridgehead atoms. The SMILES string of the molecule is CN(Cc1ccc(Cl)s1)C(=O)Cn1cnc2scc(-c3ccc(F)cc3)c2c1=O. The minimum Gasteiger partial charge on any atom is -0.339 e. The zero-order chi connectivity index (χ0) is 20.5. The van der Waals surface area contributed by atoms with Gasteiger partial charge in [0, 0.05) is 22.9 Å². The van der Waals surface area contributed by atoms with Crippen molar-refractivity contribution < 1.29 is 9.18 Å². The molecule has 0 aliphatic heterocycles.